The molecule has 12 heteroatoms. The van der Waals surface area contributed by atoms with Crippen LogP contribution in [0.3, 0.4) is 0 Å². The van der Waals surface area contributed by atoms with E-state index in [2.05, 4.69) is 20.2 Å². The Morgan fingerprint density at radius 3 is 2.62 bits per heavy atom. The number of halogens is 3. The maximum absolute atomic E-state index is 14.2. The fourth-order valence-corrected chi connectivity index (χ4v) is 3.79. The van der Waals surface area contributed by atoms with Gasteiger partial charge in [-0.2, -0.15) is 5.10 Å². The predicted octanol–water partition coefficient (Wildman–Crippen LogP) is 1.98. The highest BCUT2D eigenvalue weighted by Gasteiger charge is 2.19. The quantitative estimate of drug-likeness (QED) is 0.507. The number of rotatable bonds is 4. The van der Waals surface area contributed by atoms with Gasteiger partial charge in [0.05, 0.1) is 12.4 Å². The number of nitrogens with one attached hydrogen (secondary N) is 1. The average Bonchev–Trinajstić information content (AvgIpc) is 3.03. The third-order valence-electron chi connectivity index (χ3n) is 4.10. The van der Waals surface area contributed by atoms with Crippen LogP contribution in [0.5, 0.6) is 0 Å². The van der Waals surface area contributed by atoms with E-state index in [1.54, 1.807) is 6.92 Å². The number of benzene rings is 1. The Morgan fingerprint density at radius 1 is 1.14 bits per heavy atom. The Balaban J connectivity index is 1.85. The molecular formula is C17H11F3N6O2S. The molecule has 8 nitrogen and oxygen atoms in total. The largest absolute Gasteiger partial charge is 0.324 e. The van der Waals surface area contributed by atoms with Crippen molar-refractivity contribution in [2.45, 2.75) is 17.8 Å². The molecule has 4 rings (SSSR count). The molecular weight excluding hydrogens is 409 g/mol. The van der Waals surface area contributed by atoms with Crippen molar-refractivity contribution in [3.63, 3.8) is 0 Å². The monoisotopic (exact) mass is 420 g/mol. The molecule has 0 amide bonds. The lowest BCUT2D eigenvalue weighted by atomic mass is 10.1. The summed E-state index contributed by atoms with van der Waals surface area (Å²) in [6, 6.07) is 1.95. The minimum atomic E-state index is -0.877. The van der Waals surface area contributed by atoms with Crippen LogP contribution in [0.15, 0.2) is 45.5 Å². The van der Waals surface area contributed by atoms with Crippen LogP contribution in [0.25, 0.3) is 11.3 Å². The smallest absolute Gasteiger partial charge is 0.289 e. The maximum Gasteiger partial charge on any atom is 0.289 e. The Labute approximate surface area is 164 Å². The van der Waals surface area contributed by atoms with Crippen LogP contribution in [0.1, 0.15) is 11.1 Å². The fraction of sp³-hybridized carbons (Fsp3) is 0.118. The van der Waals surface area contributed by atoms with Gasteiger partial charge in [0.15, 0.2) is 22.3 Å². The van der Waals surface area contributed by atoms with Crippen molar-refractivity contribution < 1.29 is 13.2 Å². The summed E-state index contributed by atoms with van der Waals surface area (Å²) < 4.78 is 43.3. The number of aromatic amines is 1. The average molecular weight is 420 g/mol. The van der Waals surface area contributed by atoms with Crippen LogP contribution >= 0.6 is 11.8 Å². The number of H-pyrrole nitrogens is 1. The molecule has 0 fully saturated rings. The van der Waals surface area contributed by atoms with Crippen LogP contribution in [0.4, 0.5) is 13.2 Å². The number of thioether (sulfide) groups is 1. The molecule has 0 spiro atoms. The van der Waals surface area contributed by atoms with Crippen molar-refractivity contribution in [2.75, 3.05) is 0 Å². The summed E-state index contributed by atoms with van der Waals surface area (Å²) in [4.78, 5) is 30.4. The van der Waals surface area contributed by atoms with E-state index in [0.717, 1.165) is 39.4 Å². The highest BCUT2D eigenvalue weighted by Crippen LogP contribution is 2.26. The van der Waals surface area contributed by atoms with E-state index in [4.69, 9.17) is 0 Å². The van der Waals surface area contributed by atoms with Gasteiger partial charge in [0.1, 0.15) is 11.6 Å². The zero-order valence-corrected chi connectivity index (χ0v) is 15.5. The molecule has 0 bridgehead atoms. The Kier molecular flexibility index (Phi) is 4.70. The molecule has 0 aliphatic carbocycles. The van der Waals surface area contributed by atoms with E-state index in [9.17, 15) is 22.8 Å². The van der Waals surface area contributed by atoms with Gasteiger partial charge in [0.2, 0.25) is 0 Å². The molecule has 0 aliphatic heterocycles. The van der Waals surface area contributed by atoms with E-state index in [1.165, 1.54) is 12.3 Å². The molecule has 0 unspecified atom stereocenters. The SMILES string of the molecule is Cc1cc(F)cc(F)c1CSc1nn2ncc(F)c2c(=O)n1-c1c[nH]c(=O)cn1. The third kappa shape index (κ3) is 3.42. The first-order valence-corrected chi connectivity index (χ1v) is 9.12. The van der Waals surface area contributed by atoms with Gasteiger partial charge in [-0.15, -0.1) is 9.73 Å². The molecule has 0 aliphatic rings. The van der Waals surface area contributed by atoms with Gasteiger partial charge in [0.25, 0.3) is 11.1 Å². The Morgan fingerprint density at radius 2 is 1.93 bits per heavy atom. The summed E-state index contributed by atoms with van der Waals surface area (Å²) >= 11 is 0.946. The van der Waals surface area contributed by atoms with Crippen molar-refractivity contribution in [3.05, 3.63) is 80.0 Å². The van der Waals surface area contributed by atoms with Gasteiger partial charge < -0.3 is 4.98 Å². The van der Waals surface area contributed by atoms with E-state index >= 15 is 0 Å². The molecule has 4 aromatic rings. The number of fused-ring (bicyclic) bond motifs is 1. The Bertz CT molecular complexity index is 1320. The van der Waals surface area contributed by atoms with Crippen molar-refractivity contribution in [1.29, 1.82) is 0 Å². The number of hydrogen-bond donors (Lipinski definition) is 1. The maximum atomic E-state index is 14.2. The van der Waals surface area contributed by atoms with Crippen LogP contribution in [-0.4, -0.2) is 29.4 Å². The summed E-state index contributed by atoms with van der Waals surface area (Å²) in [7, 11) is 0. The van der Waals surface area contributed by atoms with Gasteiger partial charge in [-0.25, -0.2) is 22.7 Å². The molecule has 3 aromatic heterocycles. The summed E-state index contributed by atoms with van der Waals surface area (Å²) in [6.45, 7) is 1.55. The second-order valence-electron chi connectivity index (χ2n) is 5.99. The normalized spacial score (nSPS) is 11.3. The second-order valence-corrected chi connectivity index (χ2v) is 6.94. The standard InChI is InChI=1S/C17H11F3N6O2S/c1-8-2-9(18)3-11(19)10(8)7-29-17-24-26-15(12(20)4-23-26)16(28)25(17)13-5-22-14(27)6-21-13/h2-6H,7H2,1H3,(H,22,27). The molecule has 1 aromatic carbocycles. The van der Waals surface area contributed by atoms with E-state index in [1.807, 2.05) is 0 Å². The molecule has 3 heterocycles. The highest BCUT2D eigenvalue weighted by atomic mass is 32.2. The first-order valence-electron chi connectivity index (χ1n) is 8.14. The molecule has 0 saturated heterocycles. The zero-order valence-electron chi connectivity index (χ0n) is 14.7. The molecule has 0 radical (unpaired) electrons. The zero-order chi connectivity index (χ0) is 20.7. The van der Waals surface area contributed by atoms with Gasteiger partial charge >= 0.3 is 0 Å². The van der Waals surface area contributed by atoms with Gasteiger partial charge in [-0.1, -0.05) is 11.8 Å². The van der Waals surface area contributed by atoms with Gasteiger partial charge in [-0.05, 0) is 18.6 Å². The molecule has 29 heavy (non-hydrogen) atoms. The lowest BCUT2D eigenvalue weighted by Crippen LogP contribution is -2.26. The van der Waals surface area contributed by atoms with Crippen molar-refractivity contribution in [2.24, 2.45) is 0 Å². The lowest BCUT2D eigenvalue weighted by Gasteiger charge is -2.12. The van der Waals surface area contributed by atoms with Crippen molar-refractivity contribution in [1.82, 2.24) is 29.4 Å². The van der Waals surface area contributed by atoms with Crippen LogP contribution in [-0.2, 0) is 5.75 Å². The van der Waals surface area contributed by atoms with Crippen LogP contribution in [0.2, 0.25) is 0 Å². The number of aryl methyl sites for hydroxylation is 1. The topological polar surface area (TPSA) is 97.9 Å². The Hall–Kier alpha value is -3.41. The van der Waals surface area contributed by atoms with E-state index < -0.39 is 34.1 Å². The van der Waals surface area contributed by atoms with E-state index in [0.29, 0.717) is 5.56 Å². The minimum Gasteiger partial charge on any atom is -0.324 e. The summed E-state index contributed by atoms with van der Waals surface area (Å²) in [5, 5.41) is 7.82. The van der Waals surface area contributed by atoms with Gasteiger partial charge in [0, 0.05) is 23.6 Å². The highest BCUT2D eigenvalue weighted by molar-refractivity contribution is 7.98. The van der Waals surface area contributed by atoms with Gasteiger partial charge in [-0.3, -0.25) is 9.59 Å². The lowest BCUT2D eigenvalue weighted by molar-refractivity contribution is 0.574. The first kappa shape index (κ1) is 18.9. The molecule has 0 saturated carbocycles. The second kappa shape index (κ2) is 7.20. The third-order valence-corrected chi connectivity index (χ3v) is 5.05. The summed E-state index contributed by atoms with van der Waals surface area (Å²) in [6.07, 6.45) is 2.97. The number of aromatic nitrogens is 6. The summed E-state index contributed by atoms with van der Waals surface area (Å²) in [5.74, 6) is -2.32. The van der Waals surface area contributed by atoms with E-state index in [-0.39, 0.29) is 22.3 Å². The molecule has 1 N–H and O–H groups in total. The summed E-state index contributed by atoms with van der Waals surface area (Å²) in [5.41, 5.74) is -1.11. The number of nitrogens with zero attached hydrogens (tertiary/aromatic N) is 5. The van der Waals surface area contributed by atoms with Crippen LogP contribution < -0.4 is 11.1 Å². The minimum absolute atomic E-state index is 0.00297. The number of hydrogen-bond acceptors (Lipinski definition) is 6. The molecule has 148 valence electrons. The predicted molar refractivity (Wildman–Crippen MR) is 97.6 cm³/mol. The van der Waals surface area contributed by atoms with Crippen molar-refractivity contribution in [3.8, 4) is 5.82 Å². The molecule has 0 atom stereocenters. The first-order chi connectivity index (χ1) is 13.8. The fourth-order valence-electron chi connectivity index (χ4n) is 2.71. The van der Waals surface area contributed by atoms with Crippen molar-refractivity contribution >= 4 is 17.3 Å². The van der Waals surface area contributed by atoms with Crippen LogP contribution in [0, 0.1) is 24.4 Å².